The third kappa shape index (κ3) is 4.92. The lowest BCUT2D eigenvalue weighted by Gasteiger charge is -2.21. The van der Waals surface area contributed by atoms with E-state index in [0.717, 1.165) is 19.5 Å². The number of phenolic OH excluding ortho intramolecular Hbond substituents is 1. The average Bonchev–Trinajstić information content (AvgIpc) is 2.93. The number of phenols is 1. The predicted octanol–water partition coefficient (Wildman–Crippen LogP) is 2.49. The highest BCUT2D eigenvalue weighted by molar-refractivity contribution is 5.88. The molecule has 1 unspecified atom stereocenters. The minimum Gasteiger partial charge on any atom is -0.503 e. The van der Waals surface area contributed by atoms with E-state index in [1.54, 1.807) is 32.9 Å². The van der Waals surface area contributed by atoms with Gasteiger partial charge in [0.25, 0.3) is 0 Å². The number of anilines is 1. The van der Waals surface area contributed by atoms with Gasteiger partial charge in [-0.15, -0.1) is 0 Å². The molecule has 1 aliphatic rings. The summed E-state index contributed by atoms with van der Waals surface area (Å²) in [6, 6.07) is 3.15. The Morgan fingerprint density at radius 3 is 2.70 bits per heavy atom. The van der Waals surface area contributed by atoms with Gasteiger partial charge in [0.05, 0.1) is 12.8 Å². The summed E-state index contributed by atoms with van der Waals surface area (Å²) in [7, 11) is 1.44. The first-order chi connectivity index (χ1) is 10.8. The Balaban J connectivity index is 2.17. The summed E-state index contributed by atoms with van der Waals surface area (Å²) in [4.78, 5) is 11.9. The van der Waals surface area contributed by atoms with Crippen LogP contribution in [0.3, 0.4) is 0 Å². The Bertz CT molecular complexity index is 562. The first kappa shape index (κ1) is 17.2. The van der Waals surface area contributed by atoms with E-state index < -0.39 is 11.7 Å². The van der Waals surface area contributed by atoms with Crippen LogP contribution in [0.1, 0.15) is 27.2 Å². The van der Waals surface area contributed by atoms with Crippen LogP contribution in [0.15, 0.2) is 12.1 Å². The maximum atomic E-state index is 11.9. The van der Waals surface area contributed by atoms with Crippen LogP contribution in [-0.2, 0) is 4.74 Å². The number of rotatable bonds is 4. The van der Waals surface area contributed by atoms with Gasteiger partial charge in [-0.2, -0.15) is 0 Å². The summed E-state index contributed by atoms with van der Waals surface area (Å²) < 4.78 is 16.2. The van der Waals surface area contributed by atoms with Gasteiger partial charge in [0.2, 0.25) is 0 Å². The third-order valence-corrected chi connectivity index (χ3v) is 3.22. The number of hydrogen-bond donors (Lipinski definition) is 3. The molecule has 1 amide bonds. The lowest BCUT2D eigenvalue weighted by molar-refractivity contribution is 0.0635. The molecule has 3 N–H and O–H groups in total. The highest BCUT2D eigenvalue weighted by Crippen LogP contribution is 2.39. The topological polar surface area (TPSA) is 89.1 Å². The lowest BCUT2D eigenvalue weighted by Crippen LogP contribution is -2.27. The molecule has 0 aromatic heterocycles. The third-order valence-electron chi connectivity index (χ3n) is 3.22. The van der Waals surface area contributed by atoms with Crippen molar-refractivity contribution in [3.05, 3.63) is 12.1 Å². The van der Waals surface area contributed by atoms with E-state index in [9.17, 15) is 9.90 Å². The summed E-state index contributed by atoms with van der Waals surface area (Å²) in [5.74, 6) is 0.564. The fraction of sp³-hybridized carbons (Fsp3) is 0.562. The maximum absolute atomic E-state index is 11.9. The van der Waals surface area contributed by atoms with Crippen molar-refractivity contribution in [2.45, 2.75) is 38.9 Å². The standard InChI is InChI=1S/C16H24N2O5/c1-16(2,3)23-15(20)18-12-7-11(8-13(21-4)14(12)19)22-10-5-6-17-9-10/h7-8,10,17,19H,5-6,9H2,1-4H3,(H,18,20). The van der Waals surface area contributed by atoms with Crippen molar-refractivity contribution in [3.8, 4) is 17.2 Å². The second kappa shape index (κ2) is 6.95. The van der Waals surface area contributed by atoms with Gasteiger partial charge in [-0.1, -0.05) is 0 Å². The Morgan fingerprint density at radius 1 is 1.39 bits per heavy atom. The summed E-state index contributed by atoms with van der Waals surface area (Å²) in [5, 5.41) is 15.9. The van der Waals surface area contributed by atoms with Crippen LogP contribution in [0.2, 0.25) is 0 Å². The predicted molar refractivity (Wildman–Crippen MR) is 86.4 cm³/mol. The number of carbonyl (C=O) groups is 1. The van der Waals surface area contributed by atoms with Gasteiger partial charge in [0, 0.05) is 18.7 Å². The van der Waals surface area contributed by atoms with Crippen molar-refractivity contribution in [1.29, 1.82) is 0 Å². The smallest absolute Gasteiger partial charge is 0.412 e. The van der Waals surface area contributed by atoms with Crippen molar-refractivity contribution in [1.82, 2.24) is 5.32 Å². The van der Waals surface area contributed by atoms with E-state index in [2.05, 4.69) is 10.6 Å². The molecule has 1 aromatic rings. The zero-order chi connectivity index (χ0) is 17.0. The number of carbonyl (C=O) groups excluding carboxylic acids is 1. The van der Waals surface area contributed by atoms with Gasteiger partial charge in [-0.3, -0.25) is 5.32 Å². The number of aromatic hydroxyl groups is 1. The highest BCUT2D eigenvalue weighted by atomic mass is 16.6. The molecule has 0 aliphatic carbocycles. The number of amides is 1. The Labute approximate surface area is 135 Å². The molecular formula is C16H24N2O5. The van der Waals surface area contributed by atoms with Crippen LogP contribution in [0.25, 0.3) is 0 Å². The van der Waals surface area contributed by atoms with Gasteiger partial charge in [-0.25, -0.2) is 4.79 Å². The molecule has 0 bridgehead atoms. The number of nitrogens with one attached hydrogen (secondary N) is 2. The van der Waals surface area contributed by atoms with Gasteiger partial charge in [0.1, 0.15) is 17.5 Å². The lowest BCUT2D eigenvalue weighted by atomic mass is 10.2. The quantitative estimate of drug-likeness (QED) is 0.737. The Hall–Kier alpha value is -2.15. The molecule has 1 aliphatic heterocycles. The first-order valence-electron chi connectivity index (χ1n) is 7.57. The van der Waals surface area contributed by atoms with Crippen LogP contribution in [0, 0.1) is 0 Å². The second-order valence-corrected chi connectivity index (χ2v) is 6.38. The molecule has 7 heteroatoms. The molecule has 1 atom stereocenters. The fourth-order valence-electron chi connectivity index (χ4n) is 2.24. The van der Waals surface area contributed by atoms with Crippen molar-refractivity contribution < 1.29 is 24.1 Å². The normalized spacial score (nSPS) is 17.7. The Morgan fingerprint density at radius 2 is 2.13 bits per heavy atom. The number of hydrogen-bond acceptors (Lipinski definition) is 6. The van der Waals surface area contributed by atoms with E-state index in [4.69, 9.17) is 14.2 Å². The molecular weight excluding hydrogens is 300 g/mol. The van der Waals surface area contributed by atoms with Crippen molar-refractivity contribution >= 4 is 11.8 Å². The molecule has 23 heavy (non-hydrogen) atoms. The molecule has 2 rings (SSSR count). The summed E-state index contributed by atoms with van der Waals surface area (Å²) in [5.41, 5.74) is -0.451. The maximum Gasteiger partial charge on any atom is 0.412 e. The molecule has 7 nitrogen and oxygen atoms in total. The first-order valence-corrected chi connectivity index (χ1v) is 7.57. The number of methoxy groups -OCH3 is 1. The molecule has 0 saturated carbocycles. The molecule has 1 heterocycles. The van der Waals surface area contributed by atoms with E-state index >= 15 is 0 Å². The van der Waals surface area contributed by atoms with Crippen LogP contribution in [-0.4, -0.2) is 43.1 Å². The monoisotopic (exact) mass is 324 g/mol. The number of ether oxygens (including phenoxy) is 3. The summed E-state index contributed by atoms with van der Waals surface area (Å²) >= 11 is 0. The SMILES string of the molecule is COc1cc(OC2CCNC2)cc(NC(=O)OC(C)(C)C)c1O. The zero-order valence-corrected chi connectivity index (χ0v) is 13.9. The minimum atomic E-state index is -0.658. The van der Waals surface area contributed by atoms with Crippen molar-refractivity contribution in [3.63, 3.8) is 0 Å². The minimum absolute atomic E-state index is 0.0543. The molecule has 128 valence electrons. The molecule has 0 spiro atoms. The van der Waals surface area contributed by atoms with Gasteiger partial charge < -0.3 is 24.6 Å². The number of benzene rings is 1. The van der Waals surface area contributed by atoms with Crippen LogP contribution >= 0.6 is 0 Å². The van der Waals surface area contributed by atoms with E-state index in [1.807, 2.05) is 0 Å². The van der Waals surface area contributed by atoms with Crippen LogP contribution < -0.4 is 20.1 Å². The van der Waals surface area contributed by atoms with Gasteiger partial charge in [-0.05, 0) is 33.7 Å². The van der Waals surface area contributed by atoms with E-state index in [0.29, 0.717) is 5.75 Å². The second-order valence-electron chi connectivity index (χ2n) is 6.38. The molecule has 1 aromatic carbocycles. The van der Waals surface area contributed by atoms with E-state index in [-0.39, 0.29) is 23.3 Å². The zero-order valence-electron chi connectivity index (χ0n) is 13.9. The van der Waals surface area contributed by atoms with E-state index in [1.165, 1.54) is 7.11 Å². The van der Waals surface area contributed by atoms with Crippen molar-refractivity contribution in [2.24, 2.45) is 0 Å². The average molecular weight is 324 g/mol. The summed E-state index contributed by atoms with van der Waals surface area (Å²) in [6.07, 6.45) is 0.297. The molecule has 0 radical (unpaired) electrons. The van der Waals surface area contributed by atoms with Gasteiger partial charge >= 0.3 is 6.09 Å². The molecule has 1 saturated heterocycles. The molecule has 1 fully saturated rings. The Kier molecular flexibility index (Phi) is 5.20. The van der Waals surface area contributed by atoms with Gasteiger partial charge in [0.15, 0.2) is 11.5 Å². The van der Waals surface area contributed by atoms with Crippen LogP contribution in [0.4, 0.5) is 10.5 Å². The fourth-order valence-corrected chi connectivity index (χ4v) is 2.24. The van der Waals surface area contributed by atoms with Crippen molar-refractivity contribution in [2.75, 3.05) is 25.5 Å². The largest absolute Gasteiger partial charge is 0.503 e. The van der Waals surface area contributed by atoms with Crippen LogP contribution in [0.5, 0.6) is 17.2 Å². The summed E-state index contributed by atoms with van der Waals surface area (Å²) in [6.45, 7) is 6.96. The highest BCUT2D eigenvalue weighted by Gasteiger charge is 2.21.